The average Bonchev–Trinajstić information content (AvgIpc) is 2.47. The van der Waals surface area contributed by atoms with Gasteiger partial charge in [0.1, 0.15) is 5.82 Å². The standard InChI is InChI=1S/C17H15FN2O/c1-11-5-4-7-14(18)16(11)19-10-13-9-12-6-2-3-8-15(12)20-17(13)21/h2-9,19H,10H2,1H3,(H,20,21). The van der Waals surface area contributed by atoms with Gasteiger partial charge in [0, 0.05) is 17.6 Å². The fourth-order valence-corrected chi connectivity index (χ4v) is 2.36. The van der Waals surface area contributed by atoms with Crippen molar-refractivity contribution >= 4 is 16.6 Å². The first-order valence-corrected chi connectivity index (χ1v) is 6.75. The Kier molecular flexibility index (Phi) is 3.44. The summed E-state index contributed by atoms with van der Waals surface area (Å²) in [4.78, 5) is 14.9. The molecule has 0 aliphatic rings. The maximum absolute atomic E-state index is 13.8. The van der Waals surface area contributed by atoms with Gasteiger partial charge in [0.15, 0.2) is 0 Å². The summed E-state index contributed by atoms with van der Waals surface area (Å²) in [5, 5.41) is 3.97. The Labute approximate surface area is 121 Å². The van der Waals surface area contributed by atoms with Crippen molar-refractivity contribution in [2.75, 3.05) is 5.32 Å². The molecule has 0 fully saturated rings. The molecule has 21 heavy (non-hydrogen) atoms. The van der Waals surface area contributed by atoms with Crippen molar-refractivity contribution in [1.29, 1.82) is 0 Å². The molecule has 0 saturated carbocycles. The Morgan fingerprint density at radius 3 is 2.76 bits per heavy atom. The molecule has 2 N–H and O–H groups in total. The van der Waals surface area contributed by atoms with Gasteiger partial charge in [-0.25, -0.2) is 4.39 Å². The van der Waals surface area contributed by atoms with Gasteiger partial charge in [0.2, 0.25) is 0 Å². The second-order valence-corrected chi connectivity index (χ2v) is 5.00. The predicted octanol–water partition coefficient (Wildman–Crippen LogP) is 3.59. The summed E-state index contributed by atoms with van der Waals surface area (Å²) in [6, 6.07) is 14.3. The SMILES string of the molecule is Cc1cccc(F)c1NCc1cc2ccccc2[nH]c1=O. The molecule has 1 aromatic heterocycles. The van der Waals surface area contributed by atoms with Gasteiger partial charge < -0.3 is 10.3 Å². The first-order chi connectivity index (χ1) is 10.1. The van der Waals surface area contributed by atoms with Crippen LogP contribution in [0.5, 0.6) is 0 Å². The molecule has 0 atom stereocenters. The number of aromatic nitrogens is 1. The highest BCUT2D eigenvalue weighted by Gasteiger charge is 2.07. The summed E-state index contributed by atoms with van der Waals surface area (Å²) in [5.41, 5.74) is 2.47. The Morgan fingerprint density at radius 2 is 1.95 bits per heavy atom. The molecule has 4 heteroatoms. The Bertz CT molecular complexity index is 835. The van der Waals surface area contributed by atoms with Crippen molar-refractivity contribution < 1.29 is 4.39 Å². The average molecular weight is 282 g/mol. The van der Waals surface area contributed by atoms with E-state index in [1.807, 2.05) is 43.3 Å². The zero-order chi connectivity index (χ0) is 14.8. The third kappa shape index (κ3) is 2.65. The van der Waals surface area contributed by atoms with E-state index in [1.54, 1.807) is 6.07 Å². The number of hydrogen-bond donors (Lipinski definition) is 2. The van der Waals surface area contributed by atoms with Crippen LogP contribution in [-0.4, -0.2) is 4.98 Å². The number of para-hydroxylation sites is 2. The third-order valence-corrected chi connectivity index (χ3v) is 3.51. The van der Waals surface area contributed by atoms with E-state index >= 15 is 0 Å². The summed E-state index contributed by atoms with van der Waals surface area (Å²) in [6.07, 6.45) is 0. The van der Waals surface area contributed by atoms with E-state index < -0.39 is 0 Å². The highest BCUT2D eigenvalue weighted by molar-refractivity contribution is 5.78. The van der Waals surface area contributed by atoms with Crippen LogP contribution in [0.4, 0.5) is 10.1 Å². The van der Waals surface area contributed by atoms with Crippen LogP contribution in [0, 0.1) is 12.7 Å². The molecule has 3 rings (SSSR count). The third-order valence-electron chi connectivity index (χ3n) is 3.51. The maximum atomic E-state index is 13.8. The van der Waals surface area contributed by atoms with E-state index in [9.17, 15) is 9.18 Å². The van der Waals surface area contributed by atoms with E-state index in [0.29, 0.717) is 11.3 Å². The molecule has 0 amide bonds. The summed E-state index contributed by atoms with van der Waals surface area (Å²) in [5.74, 6) is -0.313. The lowest BCUT2D eigenvalue weighted by Gasteiger charge is -2.10. The van der Waals surface area contributed by atoms with Crippen molar-refractivity contribution in [3.63, 3.8) is 0 Å². The summed E-state index contributed by atoms with van der Waals surface area (Å²) in [7, 11) is 0. The molecule has 106 valence electrons. The van der Waals surface area contributed by atoms with Gasteiger partial charge in [-0.15, -0.1) is 0 Å². The normalized spacial score (nSPS) is 10.8. The van der Waals surface area contributed by atoms with Crippen LogP contribution < -0.4 is 10.9 Å². The molecular weight excluding hydrogens is 267 g/mol. The summed E-state index contributed by atoms with van der Waals surface area (Å²) in [6.45, 7) is 2.11. The van der Waals surface area contributed by atoms with E-state index in [-0.39, 0.29) is 17.9 Å². The summed E-state index contributed by atoms with van der Waals surface area (Å²) >= 11 is 0. The molecule has 0 bridgehead atoms. The number of anilines is 1. The number of H-pyrrole nitrogens is 1. The number of halogens is 1. The summed E-state index contributed by atoms with van der Waals surface area (Å²) < 4.78 is 13.8. The van der Waals surface area contributed by atoms with Crippen molar-refractivity contribution in [1.82, 2.24) is 4.98 Å². The van der Waals surface area contributed by atoms with Gasteiger partial charge in [-0.1, -0.05) is 30.3 Å². The van der Waals surface area contributed by atoms with E-state index in [0.717, 1.165) is 16.5 Å². The number of benzene rings is 2. The second-order valence-electron chi connectivity index (χ2n) is 5.00. The lowest BCUT2D eigenvalue weighted by Crippen LogP contribution is -2.16. The molecule has 0 aliphatic heterocycles. The molecular formula is C17H15FN2O. The van der Waals surface area contributed by atoms with Crippen LogP contribution in [-0.2, 0) is 6.54 Å². The van der Waals surface area contributed by atoms with Crippen LogP contribution in [0.1, 0.15) is 11.1 Å². The highest BCUT2D eigenvalue weighted by Crippen LogP contribution is 2.19. The van der Waals surface area contributed by atoms with Crippen molar-refractivity contribution in [3.8, 4) is 0 Å². The molecule has 0 spiro atoms. The van der Waals surface area contributed by atoms with Crippen LogP contribution in [0.25, 0.3) is 10.9 Å². The van der Waals surface area contributed by atoms with Gasteiger partial charge in [-0.3, -0.25) is 4.79 Å². The number of nitrogens with one attached hydrogen (secondary N) is 2. The predicted molar refractivity (Wildman–Crippen MR) is 83.0 cm³/mol. The molecule has 3 aromatic rings. The number of fused-ring (bicyclic) bond motifs is 1. The number of pyridine rings is 1. The zero-order valence-electron chi connectivity index (χ0n) is 11.6. The lowest BCUT2D eigenvalue weighted by molar-refractivity contribution is 0.629. The van der Waals surface area contributed by atoms with E-state index in [4.69, 9.17) is 0 Å². The molecule has 1 heterocycles. The van der Waals surface area contributed by atoms with Crippen molar-refractivity contribution in [2.24, 2.45) is 0 Å². The molecule has 3 nitrogen and oxygen atoms in total. The van der Waals surface area contributed by atoms with Gasteiger partial charge in [0.05, 0.1) is 5.69 Å². The van der Waals surface area contributed by atoms with Crippen LogP contribution in [0.2, 0.25) is 0 Å². The molecule has 0 aliphatic carbocycles. The minimum Gasteiger partial charge on any atom is -0.378 e. The van der Waals surface area contributed by atoms with E-state index in [1.165, 1.54) is 6.07 Å². The van der Waals surface area contributed by atoms with Crippen molar-refractivity contribution in [2.45, 2.75) is 13.5 Å². The number of rotatable bonds is 3. The van der Waals surface area contributed by atoms with Gasteiger partial charge in [-0.05, 0) is 36.1 Å². The lowest BCUT2D eigenvalue weighted by atomic mass is 10.1. The quantitative estimate of drug-likeness (QED) is 0.771. The van der Waals surface area contributed by atoms with Gasteiger partial charge >= 0.3 is 0 Å². The minimum absolute atomic E-state index is 0.157. The first-order valence-electron chi connectivity index (χ1n) is 6.75. The maximum Gasteiger partial charge on any atom is 0.253 e. The molecule has 2 aromatic carbocycles. The molecule has 0 saturated heterocycles. The Hall–Kier alpha value is -2.62. The van der Waals surface area contributed by atoms with Crippen LogP contribution in [0.15, 0.2) is 53.3 Å². The topological polar surface area (TPSA) is 44.9 Å². The monoisotopic (exact) mass is 282 g/mol. The van der Waals surface area contributed by atoms with Gasteiger partial charge in [-0.2, -0.15) is 0 Å². The fraction of sp³-hybridized carbons (Fsp3) is 0.118. The number of hydrogen-bond acceptors (Lipinski definition) is 2. The molecule has 0 unspecified atom stereocenters. The number of aryl methyl sites for hydroxylation is 1. The number of aromatic amines is 1. The zero-order valence-corrected chi connectivity index (χ0v) is 11.6. The van der Waals surface area contributed by atoms with Crippen molar-refractivity contribution in [3.05, 3.63) is 75.8 Å². The smallest absolute Gasteiger partial charge is 0.253 e. The largest absolute Gasteiger partial charge is 0.378 e. The van der Waals surface area contributed by atoms with Crippen LogP contribution >= 0.6 is 0 Å². The molecule has 0 radical (unpaired) electrons. The first kappa shape index (κ1) is 13.4. The van der Waals surface area contributed by atoms with Crippen LogP contribution in [0.3, 0.4) is 0 Å². The minimum atomic E-state index is -0.313. The fourth-order valence-electron chi connectivity index (χ4n) is 2.36. The van der Waals surface area contributed by atoms with Gasteiger partial charge in [0.25, 0.3) is 5.56 Å². The second kappa shape index (κ2) is 5.40. The Morgan fingerprint density at radius 1 is 1.14 bits per heavy atom. The highest BCUT2D eigenvalue weighted by atomic mass is 19.1. The van der Waals surface area contributed by atoms with E-state index in [2.05, 4.69) is 10.3 Å². The Balaban J connectivity index is 1.92.